The highest BCUT2D eigenvalue weighted by Gasteiger charge is 2.26. The molecule has 2 aliphatic heterocycles. The average molecular weight is 601 g/mol. The fourth-order valence-electron chi connectivity index (χ4n) is 6.01. The second kappa shape index (κ2) is 14.0. The SMILES string of the molecule is C=CCn1c(=O)c(C=NCNc2ccc(N3CCN(C4CCN(C)CC4)CC3)cc2)c(N=C)n1-c1ccc(=O)n(C(C)C)n1. The minimum Gasteiger partial charge on any atom is -0.369 e. The van der Waals surface area contributed by atoms with Gasteiger partial charge in [-0.25, -0.2) is 19.0 Å². The Morgan fingerprint density at radius 3 is 2.36 bits per heavy atom. The van der Waals surface area contributed by atoms with Gasteiger partial charge in [0.2, 0.25) is 0 Å². The summed E-state index contributed by atoms with van der Waals surface area (Å²) in [5, 5.41) is 7.78. The summed E-state index contributed by atoms with van der Waals surface area (Å²) in [5.74, 6) is 0.670. The second-order valence-electron chi connectivity index (χ2n) is 11.7. The van der Waals surface area contributed by atoms with Gasteiger partial charge in [-0.3, -0.25) is 19.5 Å². The summed E-state index contributed by atoms with van der Waals surface area (Å²) >= 11 is 0. The summed E-state index contributed by atoms with van der Waals surface area (Å²) in [4.78, 5) is 41.8. The van der Waals surface area contributed by atoms with Gasteiger partial charge in [0.1, 0.15) is 12.2 Å². The third-order valence-electron chi connectivity index (χ3n) is 8.46. The highest BCUT2D eigenvalue weighted by molar-refractivity contribution is 5.86. The van der Waals surface area contributed by atoms with Crippen LogP contribution in [0.2, 0.25) is 0 Å². The van der Waals surface area contributed by atoms with Crippen molar-refractivity contribution in [3.05, 3.63) is 75.3 Å². The molecule has 0 saturated carbocycles. The van der Waals surface area contributed by atoms with Crippen molar-refractivity contribution >= 4 is 30.1 Å². The molecule has 0 spiro atoms. The van der Waals surface area contributed by atoms with Gasteiger partial charge in [0, 0.05) is 55.9 Å². The highest BCUT2D eigenvalue weighted by atomic mass is 16.1. The Morgan fingerprint density at radius 1 is 1.02 bits per heavy atom. The third-order valence-corrected chi connectivity index (χ3v) is 8.46. The number of piperazine rings is 1. The van der Waals surface area contributed by atoms with Crippen molar-refractivity contribution in [1.29, 1.82) is 0 Å². The van der Waals surface area contributed by atoms with Crippen LogP contribution in [0.5, 0.6) is 0 Å². The van der Waals surface area contributed by atoms with Crippen LogP contribution in [0.3, 0.4) is 0 Å². The Balaban J connectivity index is 1.23. The molecule has 3 aromatic rings. The van der Waals surface area contributed by atoms with E-state index in [2.05, 4.69) is 79.7 Å². The largest absolute Gasteiger partial charge is 0.369 e. The summed E-state index contributed by atoms with van der Waals surface area (Å²) < 4.78 is 4.37. The van der Waals surface area contributed by atoms with Crippen LogP contribution in [0, 0.1) is 0 Å². The molecule has 2 aromatic heterocycles. The number of aromatic nitrogens is 4. The van der Waals surface area contributed by atoms with E-state index >= 15 is 0 Å². The van der Waals surface area contributed by atoms with Crippen molar-refractivity contribution in [2.24, 2.45) is 9.98 Å². The molecule has 5 rings (SSSR count). The van der Waals surface area contributed by atoms with Crippen molar-refractivity contribution < 1.29 is 0 Å². The maximum Gasteiger partial charge on any atom is 0.278 e. The molecule has 44 heavy (non-hydrogen) atoms. The van der Waals surface area contributed by atoms with Gasteiger partial charge in [-0.05, 0) is 83.9 Å². The fraction of sp³-hybridized carbons (Fsp3) is 0.469. The van der Waals surface area contributed by atoms with Crippen LogP contribution in [-0.4, -0.2) is 101 Å². The van der Waals surface area contributed by atoms with Crippen LogP contribution in [0.4, 0.5) is 17.2 Å². The number of nitrogens with one attached hydrogen (secondary N) is 1. The first-order valence-corrected chi connectivity index (χ1v) is 15.4. The normalized spacial score (nSPS) is 17.0. The second-order valence-corrected chi connectivity index (χ2v) is 11.7. The first-order valence-electron chi connectivity index (χ1n) is 15.4. The molecule has 234 valence electrons. The molecule has 0 unspecified atom stereocenters. The molecule has 4 heterocycles. The van der Waals surface area contributed by atoms with Gasteiger partial charge >= 0.3 is 0 Å². The van der Waals surface area contributed by atoms with Crippen LogP contribution in [0.25, 0.3) is 5.82 Å². The number of allylic oxidation sites excluding steroid dienone is 1. The van der Waals surface area contributed by atoms with E-state index in [1.165, 1.54) is 53.3 Å². The van der Waals surface area contributed by atoms with E-state index in [-0.39, 0.29) is 35.9 Å². The number of hydrogen-bond donors (Lipinski definition) is 1. The van der Waals surface area contributed by atoms with E-state index in [1.807, 2.05) is 13.8 Å². The van der Waals surface area contributed by atoms with Crippen LogP contribution in [0.15, 0.2) is 68.6 Å². The van der Waals surface area contributed by atoms with Crippen molar-refractivity contribution in [1.82, 2.24) is 28.9 Å². The van der Waals surface area contributed by atoms with Crippen molar-refractivity contribution in [3.63, 3.8) is 0 Å². The lowest BCUT2D eigenvalue weighted by atomic mass is 10.0. The predicted octanol–water partition coefficient (Wildman–Crippen LogP) is 3.00. The maximum absolute atomic E-state index is 13.4. The van der Waals surface area contributed by atoms with Gasteiger partial charge in [0.25, 0.3) is 11.1 Å². The molecule has 12 heteroatoms. The molecule has 2 saturated heterocycles. The lowest BCUT2D eigenvalue weighted by Gasteiger charge is -2.42. The zero-order valence-corrected chi connectivity index (χ0v) is 26.1. The monoisotopic (exact) mass is 600 g/mol. The third kappa shape index (κ3) is 6.76. The summed E-state index contributed by atoms with van der Waals surface area (Å²) in [5.41, 5.74) is 1.92. The molecule has 12 nitrogen and oxygen atoms in total. The highest BCUT2D eigenvalue weighted by Crippen LogP contribution is 2.23. The van der Waals surface area contributed by atoms with Gasteiger partial charge in [-0.15, -0.1) is 11.7 Å². The van der Waals surface area contributed by atoms with E-state index in [1.54, 1.807) is 16.8 Å². The lowest BCUT2D eigenvalue weighted by Crippen LogP contribution is -2.53. The Kier molecular flexibility index (Phi) is 9.91. The lowest BCUT2D eigenvalue weighted by molar-refractivity contribution is 0.115. The van der Waals surface area contributed by atoms with Crippen LogP contribution in [-0.2, 0) is 6.54 Å². The van der Waals surface area contributed by atoms with Gasteiger partial charge in [0.15, 0.2) is 11.6 Å². The van der Waals surface area contributed by atoms with Gasteiger partial charge in [-0.2, -0.15) is 0 Å². The quantitative estimate of drug-likeness (QED) is 0.266. The number of aliphatic imine (C=N–C) groups is 2. The Morgan fingerprint density at radius 2 is 1.73 bits per heavy atom. The molecule has 1 aromatic carbocycles. The number of likely N-dealkylation sites (tertiary alicyclic amines) is 1. The van der Waals surface area contributed by atoms with E-state index in [4.69, 9.17) is 0 Å². The van der Waals surface area contributed by atoms with Gasteiger partial charge in [0.05, 0.1) is 12.6 Å². The molecule has 0 amide bonds. The molecular formula is C32H44N10O2. The molecule has 2 fully saturated rings. The molecule has 0 aliphatic carbocycles. The topological polar surface area (TPSA) is 108 Å². The predicted molar refractivity (Wildman–Crippen MR) is 179 cm³/mol. The Hall–Kier alpha value is -4.29. The molecule has 0 atom stereocenters. The van der Waals surface area contributed by atoms with Crippen molar-refractivity contribution in [2.45, 2.75) is 45.3 Å². The summed E-state index contributed by atoms with van der Waals surface area (Å²) in [6, 6.07) is 12.0. The van der Waals surface area contributed by atoms with Crippen molar-refractivity contribution in [2.75, 3.05) is 63.2 Å². The van der Waals surface area contributed by atoms with E-state index < -0.39 is 0 Å². The molecule has 2 aliphatic rings. The van der Waals surface area contributed by atoms with Crippen molar-refractivity contribution in [3.8, 4) is 5.82 Å². The van der Waals surface area contributed by atoms with Gasteiger partial charge in [-0.1, -0.05) is 6.08 Å². The fourth-order valence-corrected chi connectivity index (χ4v) is 6.01. The first kappa shape index (κ1) is 31.1. The number of benzene rings is 1. The Bertz CT molecular complexity index is 1580. The van der Waals surface area contributed by atoms with Crippen LogP contribution in [0.1, 0.15) is 38.3 Å². The molecule has 0 radical (unpaired) electrons. The van der Waals surface area contributed by atoms with Gasteiger partial charge < -0.3 is 15.1 Å². The summed E-state index contributed by atoms with van der Waals surface area (Å²) in [6.07, 6.45) is 5.66. The number of piperidine rings is 1. The number of anilines is 2. The molecule has 0 bridgehead atoms. The van der Waals surface area contributed by atoms with E-state index in [9.17, 15) is 9.59 Å². The Labute approximate surface area is 258 Å². The summed E-state index contributed by atoms with van der Waals surface area (Å²) in [6.45, 7) is 18.4. The number of nitrogens with zero attached hydrogens (tertiary/aromatic N) is 9. The van der Waals surface area contributed by atoms with Crippen LogP contribution < -0.4 is 21.3 Å². The van der Waals surface area contributed by atoms with Crippen LogP contribution >= 0.6 is 0 Å². The van der Waals surface area contributed by atoms with E-state index in [0.717, 1.165) is 37.9 Å². The minimum atomic E-state index is -0.305. The summed E-state index contributed by atoms with van der Waals surface area (Å²) in [7, 11) is 2.21. The standard InChI is InChI=1S/C32H44N10O2/c1-6-15-40-32(44)28(31(33-4)42(40)29-11-12-30(43)41(36-29)24(2)3)22-34-23-35-25-7-9-26(10-8-25)38-18-20-39(21-19-38)27-13-16-37(5)17-14-27/h6-12,22,24,27,35H,1,4,13-21,23H2,2-3,5H3. The maximum atomic E-state index is 13.4. The minimum absolute atomic E-state index is 0.155. The van der Waals surface area contributed by atoms with E-state index in [0.29, 0.717) is 11.6 Å². The smallest absolute Gasteiger partial charge is 0.278 e. The molecular weight excluding hydrogens is 556 g/mol. The molecule has 1 N–H and O–H groups in total. The first-order chi connectivity index (χ1) is 21.3. The zero-order valence-electron chi connectivity index (χ0n) is 26.1. The zero-order chi connectivity index (χ0) is 31.2. The number of hydrogen-bond acceptors (Lipinski definition) is 9. The number of rotatable bonds is 11. The average Bonchev–Trinajstić information content (AvgIpc) is 3.30.